The summed E-state index contributed by atoms with van der Waals surface area (Å²) in [6.45, 7) is 6.54. The molecule has 0 saturated carbocycles. The summed E-state index contributed by atoms with van der Waals surface area (Å²) in [5.74, 6) is 0. The molecule has 0 fully saturated rings. The SMILES string of the molecule is CC(C)(C)c1ccc(C(Br)C#N)cc1. The lowest BCUT2D eigenvalue weighted by atomic mass is 9.86. The van der Waals surface area contributed by atoms with Gasteiger partial charge < -0.3 is 0 Å². The van der Waals surface area contributed by atoms with Gasteiger partial charge in [0.05, 0.1) is 6.07 Å². The van der Waals surface area contributed by atoms with Crippen LogP contribution in [0.2, 0.25) is 0 Å². The minimum atomic E-state index is -0.198. The molecular formula is C12H14BrN. The predicted molar refractivity (Wildman–Crippen MR) is 62.4 cm³/mol. The summed E-state index contributed by atoms with van der Waals surface area (Å²) >= 11 is 3.30. The van der Waals surface area contributed by atoms with Crippen molar-refractivity contribution in [3.63, 3.8) is 0 Å². The first-order valence-corrected chi connectivity index (χ1v) is 5.51. The molecule has 1 nitrogen and oxygen atoms in total. The molecule has 0 saturated heterocycles. The van der Waals surface area contributed by atoms with Crippen molar-refractivity contribution >= 4 is 15.9 Å². The molecule has 1 unspecified atom stereocenters. The second-order valence-electron chi connectivity index (χ2n) is 4.36. The van der Waals surface area contributed by atoms with Crippen molar-refractivity contribution in [2.45, 2.75) is 31.0 Å². The van der Waals surface area contributed by atoms with Gasteiger partial charge in [-0.1, -0.05) is 61.0 Å². The molecule has 0 N–H and O–H groups in total. The number of nitriles is 1. The highest BCUT2D eigenvalue weighted by atomic mass is 79.9. The van der Waals surface area contributed by atoms with E-state index in [1.807, 2.05) is 12.1 Å². The molecule has 0 radical (unpaired) electrons. The summed E-state index contributed by atoms with van der Waals surface area (Å²) in [5.41, 5.74) is 2.48. The quantitative estimate of drug-likeness (QED) is 0.694. The molecule has 1 aromatic carbocycles. The Bertz CT molecular complexity index is 340. The van der Waals surface area contributed by atoms with Crippen LogP contribution in [0.15, 0.2) is 24.3 Å². The molecule has 0 aliphatic heterocycles. The zero-order valence-electron chi connectivity index (χ0n) is 8.71. The standard InChI is InChI=1S/C12H14BrN/c1-12(2,3)10-6-4-9(5-7-10)11(13)8-14/h4-7,11H,1-3H3. The number of hydrogen-bond acceptors (Lipinski definition) is 1. The van der Waals surface area contributed by atoms with E-state index in [1.54, 1.807) is 0 Å². The number of nitrogens with zero attached hydrogens (tertiary/aromatic N) is 1. The van der Waals surface area contributed by atoms with E-state index in [9.17, 15) is 0 Å². The molecule has 1 rings (SSSR count). The minimum absolute atomic E-state index is 0.174. The van der Waals surface area contributed by atoms with Crippen LogP contribution in [0.25, 0.3) is 0 Å². The zero-order valence-corrected chi connectivity index (χ0v) is 10.3. The fourth-order valence-electron chi connectivity index (χ4n) is 1.23. The number of alkyl halides is 1. The Hall–Kier alpha value is -0.810. The maximum Gasteiger partial charge on any atom is 0.126 e. The average molecular weight is 252 g/mol. The van der Waals surface area contributed by atoms with Gasteiger partial charge in [0.2, 0.25) is 0 Å². The summed E-state index contributed by atoms with van der Waals surface area (Å²) in [4.78, 5) is -0.198. The zero-order chi connectivity index (χ0) is 10.8. The predicted octanol–water partition coefficient (Wildman–Crippen LogP) is 3.94. The third-order valence-corrected chi connectivity index (χ3v) is 2.92. The van der Waals surface area contributed by atoms with Crippen LogP contribution in [0.4, 0.5) is 0 Å². The van der Waals surface area contributed by atoms with Crippen LogP contribution in [0.3, 0.4) is 0 Å². The molecule has 1 atom stereocenters. The number of hydrogen-bond donors (Lipinski definition) is 0. The fourth-order valence-corrected chi connectivity index (χ4v) is 1.53. The molecule has 0 spiro atoms. The van der Waals surface area contributed by atoms with Crippen LogP contribution < -0.4 is 0 Å². The Balaban J connectivity index is 2.96. The average Bonchev–Trinajstić information content (AvgIpc) is 2.15. The van der Waals surface area contributed by atoms with Crippen molar-refractivity contribution in [3.05, 3.63) is 35.4 Å². The van der Waals surface area contributed by atoms with Crippen molar-refractivity contribution in [1.29, 1.82) is 5.26 Å². The largest absolute Gasteiger partial charge is 0.197 e. The molecule has 0 amide bonds. The van der Waals surface area contributed by atoms with E-state index < -0.39 is 0 Å². The summed E-state index contributed by atoms with van der Waals surface area (Å²) in [6.07, 6.45) is 0. The Morgan fingerprint density at radius 3 is 2.07 bits per heavy atom. The van der Waals surface area contributed by atoms with E-state index in [1.165, 1.54) is 5.56 Å². The van der Waals surface area contributed by atoms with E-state index in [0.717, 1.165) is 5.56 Å². The van der Waals surface area contributed by atoms with Gasteiger partial charge in [0.1, 0.15) is 4.83 Å². The molecule has 2 heteroatoms. The first-order chi connectivity index (χ1) is 6.45. The highest BCUT2D eigenvalue weighted by Gasteiger charge is 2.13. The molecular weight excluding hydrogens is 238 g/mol. The number of benzene rings is 1. The van der Waals surface area contributed by atoms with Gasteiger partial charge in [0.25, 0.3) is 0 Å². The summed E-state index contributed by atoms with van der Waals surface area (Å²) < 4.78 is 0. The topological polar surface area (TPSA) is 23.8 Å². The molecule has 0 aliphatic carbocycles. The van der Waals surface area contributed by atoms with Crippen molar-refractivity contribution < 1.29 is 0 Å². The van der Waals surface area contributed by atoms with Crippen LogP contribution in [-0.4, -0.2) is 0 Å². The third kappa shape index (κ3) is 2.59. The van der Waals surface area contributed by atoms with Crippen LogP contribution in [0.1, 0.15) is 36.7 Å². The van der Waals surface area contributed by atoms with Crippen LogP contribution in [0, 0.1) is 11.3 Å². The molecule has 14 heavy (non-hydrogen) atoms. The maximum atomic E-state index is 8.72. The lowest BCUT2D eigenvalue weighted by Crippen LogP contribution is -2.10. The highest BCUT2D eigenvalue weighted by molar-refractivity contribution is 9.09. The van der Waals surface area contributed by atoms with E-state index in [2.05, 4.69) is 54.9 Å². The minimum Gasteiger partial charge on any atom is -0.197 e. The molecule has 0 bridgehead atoms. The molecule has 1 aromatic rings. The number of rotatable bonds is 1. The second-order valence-corrected chi connectivity index (χ2v) is 5.28. The molecule has 74 valence electrons. The molecule has 0 aromatic heterocycles. The first-order valence-electron chi connectivity index (χ1n) is 4.59. The summed E-state index contributed by atoms with van der Waals surface area (Å²) in [5, 5.41) is 8.72. The van der Waals surface area contributed by atoms with Crippen molar-refractivity contribution in [3.8, 4) is 6.07 Å². The maximum absolute atomic E-state index is 8.72. The van der Waals surface area contributed by atoms with Crippen molar-refractivity contribution in [2.75, 3.05) is 0 Å². The summed E-state index contributed by atoms with van der Waals surface area (Å²) in [7, 11) is 0. The van der Waals surface area contributed by atoms with E-state index in [0.29, 0.717) is 0 Å². The molecule has 0 heterocycles. The van der Waals surface area contributed by atoms with Gasteiger partial charge in [-0.15, -0.1) is 0 Å². The fraction of sp³-hybridized carbons (Fsp3) is 0.417. The van der Waals surface area contributed by atoms with Gasteiger partial charge in [-0.3, -0.25) is 0 Å². The third-order valence-electron chi connectivity index (χ3n) is 2.18. The van der Waals surface area contributed by atoms with Crippen molar-refractivity contribution in [1.82, 2.24) is 0 Å². The summed E-state index contributed by atoms with van der Waals surface area (Å²) in [6, 6.07) is 10.3. The Morgan fingerprint density at radius 1 is 1.21 bits per heavy atom. The van der Waals surface area contributed by atoms with Gasteiger partial charge in [0.15, 0.2) is 0 Å². The smallest absolute Gasteiger partial charge is 0.126 e. The lowest BCUT2D eigenvalue weighted by Gasteiger charge is -2.19. The van der Waals surface area contributed by atoms with Crippen LogP contribution in [-0.2, 0) is 5.41 Å². The van der Waals surface area contributed by atoms with E-state index in [4.69, 9.17) is 5.26 Å². The van der Waals surface area contributed by atoms with Crippen LogP contribution in [0.5, 0.6) is 0 Å². The van der Waals surface area contributed by atoms with Gasteiger partial charge >= 0.3 is 0 Å². The van der Waals surface area contributed by atoms with Crippen LogP contribution >= 0.6 is 15.9 Å². The van der Waals surface area contributed by atoms with Gasteiger partial charge in [0, 0.05) is 0 Å². The Morgan fingerprint density at radius 2 is 1.71 bits per heavy atom. The van der Waals surface area contributed by atoms with E-state index in [-0.39, 0.29) is 10.2 Å². The normalized spacial score (nSPS) is 13.4. The van der Waals surface area contributed by atoms with Gasteiger partial charge in [-0.2, -0.15) is 5.26 Å². The number of halogens is 1. The second kappa shape index (κ2) is 4.14. The highest BCUT2D eigenvalue weighted by Crippen LogP contribution is 2.26. The van der Waals surface area contributed by atoms with Crippen molar-refractivity contribution in [2.24, 2.45) is 0 Å². The monoisotopic (exact) mass is 251 g/mol. The van der Waals surface area contributed by atoms with Gasteiger partial charge in [-0.05, 0) is 16.5 Å². The van der Waals surface area contributed by atoms with E-state index >= 15 is 0 Å². The Kier molecular flexibility index (Phi) is 3.34. The Labute approximate surface area is 93.9 Å². The lowest BCUT2D eigenvalue weighted by molar-refractivity contribution is 0.590. The van der Waals surface area contributed by atoms with Gasteiger partial charge in [-0.25, -0.2) is 0 Å². The first kappa shape index (κ1) is 11.3. The molecule has 0 aliphatic rings.